The van der Waals surface area contributed by atoms with Crippen molar-refractivity contribution in [2.45, 2.75) is 6.92 Å². The zero-order valence-electron chi connectivity index (χ0n) is 10.6. The quantitative estimate of drug-likeness (QED) is 0.754. The number of rotatable bonds is 3. The van der Waals surface area contributed by atoms with Crippen molar-refractivity contribution in [1.82, 2.24) is 19.7 Å². The van der Waals surface area contributed by atoms with Crippen LogP contribution in [0.2, 0.25) is 5.28 Å². The van der Waals surface area contributed by atoms with Gasteiger partial charge in [-0.2, -0.15) is 15.1 Å². The standard InChI is InChI=1S/C13H11ClFN5/c1-2-16-11-10-7-17-20(12(10)19-13(14)18-11)9-5-3-8(15)4-6-9/h3-7H,2H2,1H3,(H,16,18,19). The molecule has 0 saturated heterocycles. The Bertz CT molecular complexity index is 753. The highest BCUT2D eigenvalue weighted by molar-refractivity contribution is 6.28. The minimum atomic E-state index is -0.300. The van der Waals surface area contributed by atoms with E-state index in [1.54, 1.807) is 23.0 Å². The molecule has 20 heavy (non-hydrogen) atoms. The predicted molar refractivity (Wildman–Crippen MR) is 75.8 cm³/mol. The third kappa shape index (κ3) is 2.18. The Balaban J connectivity index is 2.20. The Morgan fingerprint density at radius 2 is 2.00 bits per heavy atom. The number of halogens is 2. The van der Waals surface area contributed by atoms with E-state index in [0.717, 1.165) is 5.39 Å². The van der Waals surface area contributed by atoms with Crippen molar-refractivity contribution in [1.29, 1.82) is 0 Å². The normalized spacial score (nSPS) is 10.9. The van der Waals surface area contributed by atoms with Crippen LogP contribution in [-0.2, 0) is 0 Å². The molecule has 0 amide bonds. The molecule has 0 aliphatic carbocycles. The lowest BCUT2D eigenvalue weighted by Gasteiger charge is -2.06. The summed E-state index contributed by atoms with van der Waals surface area (Å²) in [5, 5.41) is 8.29. The van der Waals surface area contributed by atoms with Gasteiger partial charge in [0, 0.05) is 6.54 Å². The molecule has 0 radical (unpaired) electrons. The summed E-state index contributed by atoms with van der Waals surface area (Å²) in [7, 11) is 0. The van der Waals surface area contributed by atoms with Gasteiger partial charge in [0.2, 0.25) is 5.28 Å². The van der Waals surface area contributed by atoms with Crippen molar-refractivity contribution in [3.05, 3.63) is 41.6 Å². The molecular weight excluding hydrogens is 281 g/mol. The van der Waals surface area contributed by atoms with Crippen molar-refractivity contribution in [2.75, 3.05) is 11.9 Å². The summed E-state index contributed by atoms with van der Waals surface area (Å²) in [5.41, 5.74) is 1.28. The molecule has 0 aliphatic rings. The van der Waals surface area contributed by atoms with Crippen LogP contribution in [0.4, 0.5) is 10.2 Å². The van der Waals surface area contributed by atoms with E-state index in [1.165, 1.54) is 12.1 Å². The molecule has 0 atom stereocenters. The van der Waals surface area contributed by atoms with E-state index in [0.29, 0.717) is 23.7 Å². The molecule has 0 unspecified atom stereocenters. The molecule has 3 rings (SSSR count). The van der Waals surface area contributed by atoms with Crippen LogP contribution in [-0.4, -0.2) is 26.3 Å². The SMILES string of the molecule is CCNc1nc(Cl)nc2c1cnn2-c1ccc(F)cc1. The number of anilines is 1. The second kappa shape index (κ2) is 5.05. The van der Waals surface area contributed by atoms with Crippen molar-refractivity contribution < 1.29 is 4.39 Å². The van der Waals surface area contributed by atoms with Gasteiger partial charge in [-0.1, -0.05) is 0 Å². The Kier molecular flexibility index (Phi) is 3.23. The fourth-order valence-corrected chi connectivity index (χ4v) is 2.12. The van der Waals surface area contributed by atoms with Crippen LogP contribution in [0.25, 0.3) is 16.7 Å². The monoisotopic (exact) mass is 291 g/mol. The molecule has 5 nitrogen and oxygen atoms in total. The molecule has 2 heterocycles. The van der Waals surface area contributed by atoms with Crippen molar-refractivity contribution >= 4 is 28.5 Å². The van der Waals surface area contributed by atoms with E-state index in [2.05, 4.69) is 20.4 Å². The predicted octanol–water partition coefficient (Wildman–Crippen LogP) is 3.04. The van der Waals surface area contributed by atoms with E-state index in [9.17, 15) is 4.39 Å². The summed E-state index contributed by atoms with van der Waals surface area (Å²) in [6.45, 7) is 2.68. The number of aromatic nitrogens is 4. The van der Waals surface area contributed by atoms with E-state index < -0.39 is 0 Å². The van der Waals surface area contributed by atoms with Crippen LogP contribution in [0.3, 0.4) is 0 Å². The maximum absolute atomic E-state index is 13.0. The number of benzene rings is 1. The van der Waals surface area contributed by atoms with E-state index >= 15 is 0 Å². The van der Waals surface area contributed by atoms with Crippen molar-refractivity contribution in [2.24, 2.45) is 0 Å². The van der Waals surface area contributed by atoms with Crippen LogP contribution >= 0.6 is 11.6 Å². The summed E-state index contributed by atoms with van der Waals surface area (Å²) in [5.74, 6) is 0.335. The maximum Gasteiger partial charge on any atom is 0.226 e. The molecule has 3 aromatic rings. The Hall–Kier alpha value is -2.21. The molecule has 0 saturated carbocycles. The summed E-state index contributed by atoms with van der Waals surface area (Å²) < 4.78 is 14.6. The van der Waals surface area contributed by atoms with Gasteiger partial charge in [0.05, 0.1) is 17.3 Å². The van der Waals surface area contributed by atoms with Gasteiger partial charge >= 0.3 is 0 Å². The Morgan fingerprint density at radius 3 is 2.70 bits per heavy atom. The highest BCUT2D eigenvalue weighted by Crippen LogP contribution is 2.24. The smallest absolute Gasteiger partial charge is 0.226 e. The largest absolute Gasteiger partial charge is 0.370 e. The van der Waals surface area contributed by atoms with E-state index in [4.69, 9.17) is 11.6 Å². The number of hydrogen-bond donors (Lipinski definition) is 1. The van der Waals surface area contributed by atoms with Crippen LogP contribution in [0.5, 0.6) is 0 Å². The van der Waals surface area contributed by atoms with Gasteiger partial charge in [0.15, 0.2) is 5.65 Å². The zero-order chi connectivity index (χ0) is 14.1. The first-order valence-corrected chi connectivity index (χ1v) is 6.48. The third-order valence-corrected chi connectivity index (χ3v) is 2.99. The van der Waals surface area contributed by atoms with Crippen LogP contribution in [0.15, 0.2) is 30.5 Å². The molecule has 0 aliphatic heterocycles. The van der Waals surface area contributed by atoms with Gasteiger partial charge in [0.25, 0.3) is 0 Å². The second-order valence-corrected chi connectivity index (χ2v) is 4.48. The average Bonchev–Trinajstić information content (AvgIpc) is 2.84. The van der Waals surface area contributed by atoms with Crippen LogP contribution in [0, 0.1) is 5.82 Å². The molecule has 102 valence electrons. The average molecular weight is 292 g/mol. The number of nitrogens with zero attached hydrogens (tertiary/aromatic N) is 4. The van der Waals surface area contributed by atoms with Gasteiger partial charge < -0.3 is 5.32 Å². The number of fused-ring (bicyclic) bond motifs is 1. The fourth-order valence-electron chi connectivity index (χ4n) is 1.95. The lowest BCUT2D eigenvalue weighted by molar-refractivity contribution is 0.627. The summed E-state index contributed by atoms with van der Waals surface area (Å²) in [4.78, 5) is 8.34. The van der Waals surface area contributed by atoms with Crippen LogP contribution in [0.1, 0.15) is 6.92 Å². The minimum absolute atomic E-state index is 0.136. The van der Waals surface area contributed by atoms with Crippen molar-refractivity contribution in [3.63, 3.8) is 0 Å². The minimum Gasteiger partial charge on any atom is -0.370 e. The molecule has 7 heteroatoms. The summed E-state index contributed by atoms with van der Waals surface area (Å²) >= 11 is 5.94. The molecule has 0 fully saturated rings. The zero-order valence-corrected chi connectivity index (χ0v) is 11.4. The maximum atomic E-state index is 13.0. The molecule has 1 N–H and O–H groups in total. The van der Waals surface area contributed by atoms with Crippen LogP contribution < -0.4 is 5.32 Å². The first kappa shape index (κ1) is 12.8. The molecule has 2 aromatic heterocycles. The Morgan fingerprint density at radius 1 is 1.25 bits per heavy atom. The highest BCUT2D eigenvalue weighted by atomic mass is 35.5. The van der Waals surface area contributed by atoms with Gasteiger partial charge in [0.1, 0.15) is 11.6 Å². The van der Waals surface area contributed by atoms with Gasteiger partial charge in [-0.05, 0) is 42.8 Å². The van der Waals surface area contributed by atoms with E-state index in [-0.39, 0.29) is 11.1 Å². The number of hydrogen-bond acceptors (Lipinski definition) is 4. The highest BCUT2D eigenvalue weighted by Gasteiger charge is 2.12. The molecular formula is C13H11ClFN5. The lowest BCUT2D eigenvalue weighted by atomic mass is 10.3. The lowest BCUT2D eigenvalue weighted by Crippen LogP contribution is -2.03. The van der Waals surface area contributed by atoms with Crippen molar-refractivity contribution in [3.8, 4) is 5.69 Å². The third-order valence-electron chi connectivity index (χ3n) is 2.82. The molecule has 1 aromatic carbocycles. The topological polar surface area (TPSA) is 55.6 Å². The fraction of sp³-hybridized carbons (Fsp3) is 0.154. The van der Waals surface area contributed by atoms with Gasteiger partial charge in [-0.25, -0.2) is 9.07 Å². The first-order valence-electron chi connectivity index (χ1n) is 6.10. The second-order valence-electron chi connectivity index (χ2n) is 4.14. The summed E-state index contributed by atoms with van der Waals surface area (Å²) in [6.07, 6.45) is 1.66. The molecule has 0 bridgehead atoms. The number of nitrogens with one attached hydrogen (secondary N) is 1. The van der Waals surface area contributed by atoms with E-state index in [1.807, 2.05) is 6.92 Å². The van der Waals surface area contributed by atoms with Gasteiger partial charge in [-0.15, -0.1) is 0 Å². The van der Waals surface area contributed by atoms with Gasteiger partial charge in [-0.3, -0.25) is 0 Å². The molecule has 0 spiro atoms. The first-order chi connectivity index (χ1) is 9.69. The Labute approximate surface area is 119 Å². The summed E-state index contributed by atoms with van der Waals surface area (Å²) in [6, 6.07) is 6.00.